The molecule has 2 aliphatic rings. The number of rotatable bonds is 2. The van der Waals surface area contributed by atoms with Crippen LogP contribution in [0.2, 0.25) is 0 Å². The second-order valence-electron chi connectivity index (χ2n) is 7.48. The maximum atomic E-state index is 12.4. The second-order valence-corrected chi connectivity index (χ2v) is 7.48. The number of phenolic OH excluding ortho intramolecular Hbond substituents is 1. The molecule has 0 saturated heterocycles. The van der Waals surface area contributed by atoms with Crippen molar-refractivity contribution in [1.29, 1.82) is 0 Å². The Morgan fingerprint density at radius 3 is 2.62 bits per heavy atom. The number of carbonyl (C=O) groups excluding carboxylic acids is 1. The zero-order chi connectivity index (χ0) is 15.4. The average molecular weight is 288 g/mol. The quantitative estimate of drug-likeness (QED) is 0.834. The van der Waals surface area contributed by atoms with E-state index in [9.17, 15) is 9.90 Å². The van der Waals surface area contributed by atoms with Gasteiger partial charge in [0.05, 0.1) is 0 Å². The molecule has 0 heterocycles. The van der Waals surface area contributed by atoms with E-state index in [2.05, 4.69) is 20.8 Å². The molecule has 3 rings (SSSR count). The summed E-state index contributed by atoms with van der Waals surface area (Å²) in [7, 11) is 0. The van der Waals surface area contributed by atoms with Crippen molar-refractivity contribution in [3.8, 4) is 5.75 Å². The Morgan fingerprint density at radius 1 is 1.33 bits per heavy atom. The van der Waals surface area contributed by atoms with Gasteiger partial charge in [0, 0.05) is 5.41 Å². The van der Waals surface area contributed by atoms with Crippen LogP contribution in [0.25, 0.3) is 0 Å². The predicted octanol–water partition coefficient (Wildman–Crippen LogP) is 4.07. The molecule has 2 aliphatic carbocycles. The average Bonchev–Trinajstić information content (AvgIpc) is 2.75. The lowest BCUT2D eigenvalue weighted by Crippen LogP contribution is -2.38. The van der Waals surface area contributed by atoms with Crippen molar-refractivity contribution in [1.82, 2.24) is 0 Å². The molecule has 3 atom stereocenters. The van der Waals surface area contributed by atoms with E-state index in [0.717, 1.165) is 12.8 Å². The van der Waals surface area contributed by atoms with Gasteiger partial charge in [0.1, 0.15) is 17.4 Å². The summed E-state index contributed by atoms with van der Waals surface area (Å²) in [5.74, 6) is 0.271. The first-order chi connectivity index (χ1) is 9.77. The number of hydrogen-bond donors (Lipinski definition) is 1. The number of aromatic hydroxyl groups is 1. The highest BCUT2D eigenvalue weighted by Crippen LogP contribution is 2.66. The fraction of sp³-hybridized carbons (Fsp3) is 0.611. The van der Waals surface area contributed by atoms with E-state index >= 15 is 0 Å². The summed E-state index contributed by atoms with van der Waals surface area (Å²) < 4.78 is 5.81. The molecule has 114 valence electrons. The van der Waals surface area contributed by atoms with Crippen molar-refractivity contribution >= 4 is 5.97 Å². The molecule has 2 fully saturated rings. The number of phenols is 1. The SMILES string of the molecule is Cc1cccc(C(=O)OC2CC3CCC2(C)C3(C)C)c1O. The molecule has 3 nitrogen and oxygen atoms in total. The van der Waals surface area contributed by atoms with E-state index in [1.807, 2.05) is 0 Å². The van der Waals surface area contributed by atoms with Crippen LogP contribution in [0, 0.1) is 23.7 Å². The van der Waals surface area contributed by atoms with Gasteiger partial charge in [-0.25, -0.2) is 4.79 Å². The van der Waals surface area contributed by atoms with E-state index in [1.54, 1.807) is 25.1 Å². The molecule has 1 aromatic rings. The normalized spacial score (nSPS) is 33.1. The van der Waals surface area contributed by atoms with E-state index in [1.165, 1.54) is 6.42 Å². The van der Waals surface area contributed by atoms with E-state index in [4.69, 9.17) is 4.74 Å². The van der Waals surface area contributed by atoms with Crippen molar-refractivity contribution in [3.05, 3.63) is 29.3 Å². The van der Waals surface area contributed by atoms with Crippen LogP contribution in [-0.2, 0) is 4.74 Å². The number of benzene rings is 1. The molecule has 0 radical (unpaired) electrons. The van der Waals surface area contributed by atoms with Crippen LogP contribution in [0.1, 0.15) is 56.0 Å². The van der Waals surface area contributed by atoms with Gasteiger partial charge in [-0.2, -0.15) is 0 Å². The highest BCUT2D eigenvalue weighted by Gasteiger charge is 2.62. The summed E-state index contributed by atoms with van der Waals surface area (Å²) in [5.41, 5.74) is 1.24. The number of para-hydroxylation sites is 1. The smallest absolute Gasteiger partial charge is 0.342 e. The summed E-state index contributed by atoms with van der Waals surface area (Å²) >= 11 is 0. The summed E-state index contributed by atoms with van der Waals surface area (Å²) in [4.78, 5) is 12.4. The minimum Gasteiger partial charge on any atom is -0.507 e. The second kappa shape index (κ2) is 4.49. The van der Waals surface area contributed by atoms with Gasteiger partial charge in [-0.1, -0.05) is 32.9 Å². The third-order valence-corrected chi connectivity index (χ3v) is 6.42. The van der Waals surface area contributed by atoms with Crippen LogP contribution >= 0.6 is 0 Å². The van der Waals surface area contributed by atoms with E-state index in [0.29, 0.717) is 11.5 Å². The topological polar surface area (TPSA) is 46.5 Å². The Kier molecular flexibility index (Phi) is 3.09. The lowest BCUT2D eigenvalue weighted by molar-refractivity contribution is -0.0244. The van der Waals surface area contributed by atoms with Crippen molar-refractivity contribution in [2.75, 3.05) is 0 Å². The van der Waals surface area contributed by atoms with Gasteiger partial charge in [-0.15, -0.1) is 0 Å². The van der Waals surface area contributed by atoms with Crippen molar-refractivity contribution in [2.45, 2.75) is 53.1 Å². The molecule has 2 bridgehead atoms. The van der Waals surface area contributed by atoms with Gasteiger partial charge < -0.3 is 9.84 Å². The highest BCUT2D eigenvalue weighted by molar-refractivity contribution is 5.93. The number of hydrogen-bond acceptors (Lipinski definition) is 3. The first-order valence-corrected chi connectivity index (χ1v) is 7.77. The minimum atomic E-state index is -0.397. The summed E-state index contributed by atoms with van der Waals surface area (Å²) in [6.45, 7) is 8.62. The minimum absolute atomic E-state index is 0.0371. The molecule has 0 amide bonds. The first kappa shape index (κ1) is 14.4. The van der Waals surface area contributed by atoms with E-state index < -0.39 is 5.97 Å². The third kappa shape index (κ3) is 1.90. The molecule has 0 aromatic heterocycles. The lowest BCUT2D eigenvalue weighted by atomic mass is 9.70. The Hall–Kier alpha value is -1.51. The molecule has 0 aliphatic heterocycles. The van der Waals surface area contributed by atoms with Crippen LogP contribution in [0.5, 0.6) is 5.75 Å². The van der Waals surface area contributed by atoms with Gasteiger partial charge in [0.2, 0.25) is 0 Å². The van der Waals surface area contributed by atoms with Gasteiger partial charge in [0.15, 0.2) is 0 Å². The Labute approximate surface area is 126 Å². The fourth-order valence-electron chi connectivity index (χ4n) is 4.32. The number of fused-ring (bicyclic) bond motifs is 2. The zero-order valence-corrected chi connectivity index (χ0v) is 13.3. The van der Waals surface area contributed by atoms with Crippen LogP contribution in [0.3, 0.4) is 0 Å². The predicted molar refractivity (Wildman–Crippen MR) is 81.3 cm³/mol. The van der Waals surface area contributed by atoms with Crippen LogP contribution < -0.4 is 0 Å². The third-order valence-electron chi connectivity index (χ3n) is 6.42. The molecular weight excluding hydrogens is 264 g/mol. The number of aryl methyl sites for hydroxylation is 1. The molecule has 1 aromatic carbocycles. The highest BCUT2D eigenvalue weighted by atomic mass is 16.5. The molecule has 21 heavy (non-hydrogen) atoms. The standard InChI is InChI=1S/C18H24O3/c1-11-6-5-7-13(15(11)19)16(20)21-14-10-12-8-9-18(14,4)17(12,2)3/h5-7,12,14,19H,8-10H2,1-4H3. The molecule has 0 spiro atoms. The summed E-state index contributed by atoms with van der Waals surface area (Å²) in [6.07, 6.45) is 3.25. The van der Waals surface area contributed by atoms with Crippen LogP contribution in [0.15, 0.2) is 18.2 Å². The number of esters is 1. The molecular formula is C18H24O3. The van der Waals surface area contributed by atoms with Crippen LogP contribution in [0.4, 0.5) is 0 Å². The zero-order valence-electron chi connectivity index (χ0n) is 13.3. The molecule has 1 N–H and O–H groups in total. The van der Waals surface area contributed by atoms with Gasteiger partial charge in [-0.3, -0.25) is 0 Å². The Bertz CT molecular complexity index is 590. The Balaban J connectivity index is 1.82. The monoisotopic (exact) mass is 288 g/mol. The summed E-state index contributed by atoms with van der Waals surface area (Å²) in [6, 6.07) is 5.19. The van der Waals surface area contributed by atoms with E-state index in [-0.39, 0.29) is 28.2 Å². The van der Waals surface area contributed by atoms with Gasteiger partial charge in [0.25, 0.3) is 0 Å². The molecule has 3 unspecified atom stereocenters. The van der Waals surface area contributed by atoms with Crippen molar-refractivity contribution in [3.63, 3.8) is 0 Å². The molecule has 2 saturated carbocycles. The van der Waals surface area contributed by atoms with Crippen molar-refractivity contribution < 1.29 is 14.6 Å². The maximum absolute atomic E-state index is 12.4. The lowest BCUT2D eigenvalue weighted by Gasteiger charge is -2.38. The van der Waals surface area contributed by atoms with Gasteiger partial charge in [-0.05, 0) is 49.1 Å². The number of ether oxygens (including phenoxy) is 1. The fourth-order valence-corrected chi connectivity index (χ4v) is 4.32. The van der Waals surface area contributed by atoms with Crippen LogP contribution in [-0.4, -0.2) is 17.2 Å². The number of carbonyl (C=O) groups is 1. The summed E-state index contributed by atoms with van der Waals surface area (Å²) in [5, 5.41) is 10.0. The van der Waals surface area contributed by atoms with Crippen molar-refractivity contribution in [2.24, 2.45) is 16.7 Å². The Morgan fingerprint density at radius 2 is 2.05 bits per heavy atom. The molecule has 3 heteroatoms. The maximum Gasteiger partial charge on any atom is 0.342 e. The largest absolute Gasteiger partial charge is 0.507 e. The van der Waals surface area contributed by atoms with Gasteiger partial charge >= 0.3 is 5.97 Å². The first-order valence-electron chi connectivity index (χ1n) is 7.77.